The first kappa shape index (κ1) is 12.9. The third-order valence-corrected chi connectivity index (χ3v) is 5.14. The maximum Gasteiger partial charge on any atom is 0.263 e. The van der Waals surface area contributed by atoms with E-state index in [1.165, 1.54) is 16.2 Å². The molecule has 1 amide bonds. The summed E-state index contributed by atoms with van der Waals surface area (Å²) in [6.45, 7) is 3.90. The highest BCUT2D eigenvalue weighted by Crippen LogP contribution is 2.32. The molecule has 0 saturated heterocycles. The van der Waals surface area contributed by atoms with Gasteiger partial charge in [0, 0.05) is 30.3 Å². The molecule has 1 aromatic rings. The minimum atomic E-state index is 0.141. The molecular formula is C12H18N2OS2. The van der Waals surface area contributed by atoms with Crippen LogP contribution in [0, 0.1) is 0 Å². The van der Waals surface area contributed by atoms with Crippen molar-refractivity contribution in [2.24, 2.45) is 5.73 Å². The zero-order valence-electron chi connectivity index (χ0n) is 10.1. The molecular weight excluding hydrogens is 252 g/mol. The number of thiophene rings is 1. The fourth-order valence-electron chi connectivity index (χ4n) is 1.97. The van der Waals surface area contributed by atoms with E-state index in [-0.39, 0.29) is 5.91 Å². The predicted octanol–water partition coefficient (Wildman–Crippen LogP) is 1.96. The summed E-state index contributed by atoms with van der Waals surface area (Å²) < 4.78 is 0. The lowest BCUT2D eigenvalue weighted by atomic mass is 10.2. The molecule has 2 heterocycles. The fraction of sp³-hybridized carbons (Fsp3) is 0.583. The van der Waals surface area contributed by atoms with Crippen LogP contribution in [0.15, 0.2) is 6.07 Å². The molecule has 2 rings (SSSR count). The number of carbonyl (C=O) groups excluding carboxylic acids is 1. The minimum absolute atomic E-state index is 0.141. The number of hydrogen-bond acceptors (Lipinski definition) is 4. The van der Waals surface area contributed by atoms with Crippen molar-refractivity contribution in [3.63, 3.8) is 0 Å². The van der Waals surface area contributed by atoms with Crippen LogP contribution in [0.2, 0.25) is 0 Å². The molecule has 1 aromatic heterocycles. The summed E-state index contributed by atoms with van der Waals surface area (Å²) in [7, 11) is 0. The Morgan fingerprint density at radius 1 is 1.59 bits per heavy atom. The molecule has 0 saturated carbocycles. The van der Waals surface area contributed by atoms with Crippen molar-refractivity contribution in [2.75, 3.05) is 25.4 Å². The first-order chi connectivity index (χ1) is 8.26. The molecule has 5 heteroatoms. The highest BCUT2D eigenvalue weighted by atomic mass is 32.2. The average molecular weight is 270 g/mol. The van der Waals surface area contributed by atoms with Gasteiger partial charge in [-0.1, -0.05) is 0 Å². The standard InChI is InChI=1S/C12H18N2OS2/c1-2-14(5-4-13)12(15)11-7-9-8-16-6-3-10(9)17-11/h7H,2-6,8,13H2,1H3. The maximum atomic E-state index is 12.3. The minimum Gasteiger partial charge on any atom is -0.337 e. The van der Waals surface area contributed by atoms with Gasteiger partial charge in [-0.2, -0.15) is 11.8 Å². The lowest BCUT2D eigenvalue weighted by Crippen LogP contribution is -2.34. The van der Waals surface area contributed by atoms with Gasteiger partial charge in [-0.3, -0.25) is 4.79 Å². The molecule has 1 aliphatic rings. The van der Waals surface area contributed by atoms with E-state index in [9.17, 15) is 4.79 Å². The molecule has 0 radical (unpaired) electrons. The van der Waals surface area contributed by atoms with Crippen LogP contribution >= 0.6 is 23.1 Å². The van der Waals surface area contributed by atoms with E-state index in [1.807, 2.05) is 23.6 Å². The Balaban J connectivity index is 2.15. The average Bonchev–Trinajstić information content (AvgIpc) is 2.78. The second-order valence-corrected chi connectivity index (χ2v) is 6.28. The lowest BCUT2D eigenvalue weighted by Gasteiger charge is -2.18. The number of carbonyl (C=O) groups is 1. The van der Waals surface area contributed by atoms with Gasteiger partial charge in [-0.05, 0) is 30.7 Å². The number of aryl methyl sites for hydroxylation is 1. The van der Waals surface area contributed by atoms with Gasteiger partial charge in [0.05, 0.1) is 4.88 Å². The first-order valence-electron chi connectivity index (χ1n) is 5.95. The predicted molar refractivity (Wildman–Crippen MR) is 74.8 cm³/mol. The topological polar surface area (TPSA) is 46.3 Å². The van der Waals surface area contributed by atoms with Gasteiger partial charge in [0.2, 0.25) is 0 Å². The second kappa shape index (κ2) is 5.89. The molecule has 0 atom stereocenters. The summed E-state index contributed by atoms with van der Waals surface area (Å²) in [6.07, 6.45) is 1.11. The van der Waals surface area contributed by atoms with Crippen molar-refractivity contribution in [3.05, 3.63) is 21.4 Å². The van der Waals surface area contributed by atoms with Gasteiger partial charge in [0.15, 0.2) is 0 Å². The number of nitrogens with zero attached hydrogens (tertiary/aromatic N) is 1. The summed E-state index contributed by atoms with van der Waals surface area (Å²) in [5, 5.41) is 0. The van der Waals surface area contributed by atoms with Gasteiger partial charge in [0.25, 0.3) is 5.91 Å². The number of nitrogens with two attached hydrogens (primary N) is 1. The summed E-state index contributed by atoms with van der Waals surface area (Å²) in [5.74, 6) is 2.38. The molecule has 17 heavy (non-hydrogen) atoms. The number of hydrogen-bond donors (Lipinski definition) is 1. The third kappa shape index (κ3) is 2.84. The maximum absolute atomic E-state index is 12.3. The molecule has 94 valence electrons. The van der Waals surface area contributed by atoms with Crippen molar-refractivity contribution in [2.45, 2.75) is 19.1 Å². The Morgan fingerprint density at radius 2 is 2.41 bits per heavy atom. The van der Waals surface area contributed by atoms with Crippen molar-refractivity contribution >= 4 is 29.0 Å². The number of fused-ring (bicyclic) bond motifs is 1. The van der Waals surface area contributed by atoms with Gasteiger partial charge in [-0.25, -0.2) is 0 Å². The quantitative estimate of drug-likeness (QED) is 0.910. The van der Waals surface area contributed by atoms with Crippen LogP contribution in [0.3, 0.4) is 0 Å². The number of thioether (sulfide) groups is 1. The Kier molecular flexibility index (Phi) is 4.48. The van der Waals surface area contributed by atoms with E-state index in [0.717, 1.165) is 23.6 Å². The first-order valence-corrected chi connectivity index (χ1v) is 7.92. The molecule has 0 unspecified atom stereocenters. The highest BCUT2D eigenvalue weighted by Gasteiger charge is 2.20. The number of amides is 1. The van der Waals surface area contributed by atoms with E-state index in [1.54, 1.807) is 11.3 Å². The van der Waals surface area contributed by atoms with E-state index in [4.69, 9.17) is 5.73 Å². The van der Waals surface area contributed by atoms with E-state index < -0.39 is 0 Å². The molecule has 2 N–H and O–H groups in total. The molecule has 3 nitrogen and oxygen atoms in total. The van der Waals surface area contributed by atoms with Crippen molar-refractivity contribution < 1.29 is 4.79 Å². The monoisotopic (exact) mass is 270 g/mol. The normalized spacial score (nSPS) is 14.5. The molecule has 0 spiro atoms. The smallest absolute Gasteiger partial charge is 0.263 e. The number of rotatable bonds is 4. The Bertz CT molecular complexity index is 380. The lowest BCUT2D eigenvalue weighted by molar-refractivity contribution is 0.0774. The fourth-order valence-corrected chi connectivity index (χ4v) is 4.31. The molecule has 0 fully saturated rings. The highest BCUT2D eigenvalue weighted by molar-refractivity contribution is 7.98. The van der Waals surface area contributed by atoms with E-state index in [0.29, 0.717) is 13.1 Å². The molecule has 0 bridgehead atoms. The summed E-state index contributed by atoms with van der Waals surface area (Å²) >= 11 is 3.62. The van der Waals surface area contributed by atoms with Crippen LogP contribution in [0.25, 0.3) is 0 Å². The number of likely N-dealkylation sites (N-methyl/N-ethyl adjacent to an activating group) is 1. The van der Waals surface area contributed by atoms with Crippen molar-refractivity contribution in [3.8, 4) is 0 Å². The Morgan fingerprint density at radius 3 is 3.06 bits per heavy atom. The largest absolute Gasteiger partial charge is 0.337 e. The molecule has 1 aliphatic heterocycles. The molecule has 0 aliphatic carbocycles. The Labute approximate surface area is 110 Å². The second-order valence-electron chi connectivity index (χ2n) is 4.04. The zero-order valence-corrected chi connectivity index (χ0v) is 11.7. The van der Waals surface area contributed by atoms with E-state index in [2.05, 4.69) is 6.07 Å². The summed E-state index contributed by atoms with van der Waals surface area (Å²) in [5.41, 5.74) is 6.88. The van der Waals surface area contributed by atoms with Crippen molar-refractivity contribution in [1.29, 1.82) is 0 Å². The third-order valence-electron chi connectivity index (χ3n) is 2.91. The molecule has 0 aromatic carbocycles. The van der Waals surface area contributed by atoms with Crippen LogP contribution in [0.1, 0.15) is 27.0 Å². The van der Waals surface area contributed by atoms with Crippen LogP contribution in [0.4, 0.5) is 0 Å². The van der Waals surface area contributed by atoms with Gasteiger partial charge in [0.1, 0.15) is 0 Å². The van der Waals surface area contributed by atoms with Crippen LogP contribution in [-0.4, -0.2) is 36.2 Å². The van der Waals surface area contributed by atoms with Crippen LogP contribution in [-0.2, 0) is 12.2 Å². The Hall–Kier alpha value is -0.520. The summed E-state index contributed by atoms with van der Waals surface area (Å²) in [4.78, 5) is 16.4. The summed E-state index contributed by atoms with van der Waals surface area (Å²) in [6, 6.07) is 2.08. The zero-order chi connectivity index (χ0) is 12.3. The van der Waals surface area contributed by atoms with Crippen LogP contribution < -0.4 is 5.73 Å². The van der Waals surface area contributed by atoms with Crippen molar-refractivity contribution in [1.82, 2.24) is 4.90 Å². The van der Waals surface area contributed by atoms with Crippen LogP contribution in [0.5, 0.6) is 0 Å². The van der Waals surface area contributed by atoms with Gasteiger partial charge >= 0.3 is 0 Å². The van der Waals surface area contributed by atoms with E-state index >= 15 is 0 Å². The van der Waals surface area contributed by atoms with Gasteiger partial charge in [-0.15, -0.1) is 11.3 Å². The van der Waals surface area contributed by atoms with Gasteiger partial charge < -0.3 is 10.6 Å². The SMILES string of the molecule is CCN(CCN)C(=O)c1cc2c(s1)CCSC2.